The lowest BCUT2D eigenvalue weighted by Crippen LogP contribution is -2.35. The van der Waals surface area contributed by atoms with Crippen LogP contribution in [0.2, 0.25) is 0 Å². The molecule has 0 aliphatic carbocycles. The van der Waals surface area contributed by atoms with Crippen LogP contribution in [0, 0.1) is 5.92 Å². The highest BCUT2D eigenvalue weighted by Gasteiger charge is 2.15. The molecular formula is C14H22N2. The van der Waals surface area contributed by atoms with Crippen molar-refractivity contribution in [1.82, 2.24) is 4.90 Å². The van der Waals surface area contributed by atoms with Gasteiger partial charge in [-0.25, -0.2) is 0 Å². The Bertz CT molecular complexity index is 335. The molecule has 2 heteroatoms. The van der Waals surface area contributed by atoms with Crippen molar-refractivity contribution in [1.29, 1.82) is 0 Å². The number of hydrogen-bond donors (Lipinski definition) is 1. The predicted molar refractivity (Wildman–Crippen MR) is 69.4 cm³/mol. The summed E-state index contributed by atoms with van der Waals surface area (Å²) >= 11 is 0. The van der Waals surface area contributed by atoms with E-state index in [-0.39, 0.29) is 0 Å². The van der Waals surface area contributed by atoms with E-state index in [0.29, 0.717) is 0 Å². The third-order valence-corrected chi connectivity index (χ3v) is 3.49. The van der Waals surface area contributed by atoms with Crippen LogP contribution in [-0.2, 0) is 6.42 Å². The summed E-state index contributed by atoms with van der Waals surface area (Å²) in [5, 5.41) is 0. The minimum Gasteiger partial charge on any atom is -0.399 e. The quantitative estimate of drug-likeness (QED) is 0.790. The molecule has 2 rings (SSSR count). The first kappa shape index (κ1) is 11.5. The summed E-state index contributed by atoms with van der Waals surface area (Å²) in [6.45, 7) is 6.02. The minimum absolute atomic E-state index is 0.863. The smallest absolute Gasteiger partial charge is 0.0347 e. The van der Waals surface area contributed by atoms with Gasteiger partial charge in [0, 0.05) is 18.8 Å². The summed E-state index contributed by atoms with van der Waals surface area (Å²) in [5.74, 6) is 0.863. The maximum Gasteiger partial charge on any atom is 0.0347 e. The van der Waals surface area contributed by atoms with Gasteiger partial charge >= 0.3 is 0 Å². The Labute approximate surface area is 98.4 Å². The van der Waals surface area contributed by atoms with Gasteiger partial charge in [0.2, 0.25) is 0 Å². The van der Waals surface area contributed by atoms with Gasteiger partial charge in [-0.15, -0.1) is 0 Å². The van der Waals surface area contributed by atoms with Gasteiger partial charge in [-0.05, 0) is 43.4 Å². The summed E-state index contributed by atoms with van der Waals surface area (Å²) in [6, 6.07) is 8.21. The van der Waals surface area contributed by atoms with Crippen LogP contribution >= 0.6 is 0 Å². The van der Waals surface area contributed by atoms with Crippen LogP contribution in [0.4, 0.5) is 5.69 Å². The van der Waals surface area contributed by atoms with Crippen molar-refractivity contribution in [2.45, 2.75) is 26.2 Å². The lowest BCUT2D eigenvalue weighted by atomic mass is 9.99. The van der Waals surface area contributed by atoms with E-state index in [2.05, 4.69) is 24.0 Å². The molecule has 0 aromatic heterocycles. The number of nitrogens with two attached hydrogens (primary N) is 1. The first-order valence-electron chi connectivity index (χ1n) is 6.31. The van der Waals surface area contributed by atoms with E-state index in [4.69, 9.17) is 5.73 Å². The molecule has 1 aromatic carbocycles. The summed E-state index contributed by atoms with van der Waals surface area (Å²) in [4.78, 5) is 2.57. The molecule has 1 atom stereocenters. The second kappa shape index (κ2) is 5.35. The van der Waals surface area contributed by atoms with Crippen molar-refractivity contribution in [3.8, 4) is 0 Å². The van der Waals surface area contributed by atoms with Crippen LogP contribution in [0.15, 0.2) is 24.3 Å². The van der Waals surface area contributed by atoms with E-state index in [9.17, 15) is 0 Å². The molecule has 1 aliphatic heterocycles. The molecule has 0 spiro atoms. The summed E-state index contributed by atoms with van der Waals surface area (Å²) in [5.41, 5.74) is 8.17. The first-order valence-corrected chi connectivity index (χ1v) is 6.31. The van der Waals surface area contributed by atoms with E-state index in [1.807, 2.05) is 12.1 Å². The fourth-order valence-corrected chi connectivity index (χ4v) is 2.53. The van der Waals surface area contributed by atoms with Crippen LogP contribution < -0.4 is 5.73 Å². The molecule has 0 saturated carbocycles. The van der Waals surface area contributed by atoms with E-state index in [1.165, 1.54) is 31.5 Å². The second-order valence-corrected chi connectivity index (χ2v) is 5.00. The fraction of sp³-hybridized carbons (Fsp3) is 0.571. The number of rotatable bonds is 3. The molecule has 2 nitrogen and oxygen atoms in total. The highest BCUT2D eigenvalue weighted by atomic mass is 15.1. The highest BCUT2D eigenvalue weighted by Crippen LogP contribution is 2.17. The lowest BCUT2D eigenvalue weighted by molar-refractivity contribution is 0.186. The molecule has 1 fully saturated rings. The van der Waals surface area contributed by atoms with Crippen molar-refractivity contribution in [2.24, 2.45) is 5.92 Å². The zero-order valence-corrected chi connectivity index (χ0v) is 10.2. The largest absolute Gasteiger partial charge is 0.399 e. The molecule has 1 heterocycles. The number of nitrogens with zero attached hydrogens (tertiary/aromatic N) is 1. The van der Waals surface area contributed by atoms with E-state index < -0.39 is 0 Å². The van der Waals surface area contributed by atoms with E-state index in [0.717, 1.165) is 24.6 Å². The standard InChI is InChI=1S/C14H22N2/c1-12-5-4-9-16(11-12)10-8-13-6-2-3-7-14(13)15/h2-3,6-7,12H,4-5,8-11,15H2,1H3. The third-order valence-electron chi connectivity index (χ3n) is 3.49. The van der Waals surface area contributed by atoms with Crippen molar-refractivity contribution in [2.75, 3.05) is 25.4 Å². The van der Waals surface area contributed by atoms with Gasteiger partial charge in [-0.1, -0.05) is 25.1 Å². The fourth-order valence-electron chi connectivity index (χ4n) is 2.53. The molecule has 16 heavy (non-hydrogen) atoms. The zero-order chi connectivity index (χ0) is 11.4. The predicted octanol–water partition coefficient (Wildman–Crippen LogP) is 2.54. The Morgan fingerprint density at radius 3 is 2.94 bits per heavy atom. The Morgan fingerprint density at radius 2 is 2.19 bits per heavy atom. The molecule has 88 valence electrons. The van der Waals surface area contributed by atoms with E-state index in [1.54, 1.807) is 0 Å². The SMILES string of the molecule is CC1CCCN(CCc2ccccc2N)C1. The van der Waals surface area contributed by atoms with Crippen LogP contribution in [0.1, 0.15) is 25.3 Å². The van der Waals surface area contributed by atoms with Gasteiger partial charge in [0.05, 0.1) is 0 Å². The molecule has 1 unspecified atom stereocenters. The number of para-hydroxylation sites is 1. The van der Waals surface area contributed by atoms with Crippen molar-refractivity contribution in [3.63, 3.8) is 0 Å². The molecule has 1 aromatic rings. The maximum absolute atomic E-state index is 5.94. The second-order valence-electron chi connectivity index (χ2n) is 5.00. The minimum atomic E-state index is 0.863. The van der Waals surface area contributed by atoms with Crippen LogP contribution in [0.3, 0.4) is 0 Å². The van der Waals surface area contributed by atoms with Crippen LogP contribution in [-0.4, -0.2) is 24.5 Å². The Balaban J connectivity index is 1.85. The number of piperidine rings is 1. The lowest BCUT2D eigenvalue weighted by Gasteiger charge is -2.30. The van der Waals surface area contributed by atoms with Crippen LogP contribution in [0.5, 0.6) is 0 Å². The molecule has 0 amide bonds. The van der Waals surface area contributed by atoms with Crippen molar-refractivity contribution in [3.05, 3.63) is 29.8 Å². The van der Waals surface area contributed by atoms with Gasteiger partial charge < -0.3 is 10.6 Å². The normalized spacial score (nSPS) is 22.2. The molecule has 0 radical (unpaired) electrons. The molecule has 1 aliphatic rings. The highest BCUT2D eigenvalue weighted by molar-refractivity contribution is 5.46. The number of nitrogen functional groups attached to an aromatic ring is 1. The molecule has 1 saturated heterocycles. The summed E-state index contributed by atoms with van der Waals surface area (Å²) in [6.07, 6.45) is 3.83. The average Bonchev–Trinajstić information content (AvgIpc) is 2.28. The maximum atomic E-state index is 5.94. The topological polar surface area (TPSA) is 29.3 Å². The average molecular weight is 218 g/mol. The third kappa shape index (κ3) is 2.99. The van der Waals surface area contributed by atoms with Crippen molar-refractivity contribution >= 4 is 5.69 Å². The number of hydrogen-bond acceptors (Lipinski definition) is 2. The number of likely N-dealkylation sites (tertiary alicyclic amines) is 1. The van der Waals surface area contributed by atoms with Gasteiger partial charge in [0.25, 0.3) is 0 Å². The first-order chi connectivity index (χ1) is 7.75. The zero-order valence-electron chi connectivity index (χ0n) is 10.2. The van der Waals surface area contributed by atoms with Gasteiger partial charge in [0.15, 0.2) is 0 Å². The molecule has 0 bridgehead atoms. The van der Waals surface area contributed by atoms with E-state index >= 15 is 0 Å². The van der Waals surface area contributed by atoms with Gasteiger partial charge in [-0.3, -0.25) is 0 Å². The summed E-state index contributed by atoms with van der Waals surface area (Å²) in [7, 11) is 0. The van der Waals surface area contributed by atoms with Gasteiger partial charge in [0.1, 0.15) is 0 Å². The Morgan fingerprint density at radius 1 is 1.38 bits per heavy atom. The van der Waals surface area contributed by atoms with Crippen molar-refractivity contribution < 1.29 is 0 Å². The molecule has 2 N–H and O–H groups in total. The van der Waals surface area contributed by atoms with Crippen LogP contribution in [0.25, 0.3) is 0 Å². The Kier molecular flexibility index (Phi) is 3.83. The summed E-state index contributed by atoms with van der Waals surface area (Å²) < 4.78 is 0. The number of anilines is 1. The monoisotopic (exact) mass is 218 g/mol. The Hall–Kier alpha value is -1.02. The number of benzene rings is 1. The molecular weight excluding hydrogens is 196 g/mol. The van der Waals surface area contributed by atoms with Gasteiger partial charge in [-0.2, -0.15) is 0 Å².